The molecule has 1 amide bonds. The summed E-state index contributed by atoms with van der Waals surface area (Å²) < 4.78 is 5.66. The number of nitrogens with two attached hydrogens (primary N) is 1. The number of furan rings is 1. The third-order valence-corrected chi connectivity index (χ3v) is 4.80. The van der Waals surface area contributed by atoms with Crippen molar-refractivity contribution in [3.05, 3.63) is 69.3 Å². The molecule has 0 aliphatic heterocycles. The molecule has 3 aromatic rings. The molecule has 2 heterocycles. The zero-order valence-electron chi connectivity index (χ0n) is 16.1. The molecule has 0 fully saturated rings. The molecule has 30 heavy (non-hydrogen) atoms. The molecule has 0 saturated heterocycles. The van der Waals surface area contributed by atoms with Crippen molar-refractivity contribution < 1.29 is 14.1 Å². The SMILES string of the molecule is CC(=O)NCc1ccc(-c2csc(NC(N)=NCC(c3ccccc3)[N+](=O)[O-])n2)o1. The maximum Gasteiger partial charge on any atom is 0.257 e. The largest absolute Gasteiger partial charge is 0.458 e. The zero-order chi connectivity index (χ0) is 21.5. The van der Waals surface area contributed by atoms with E-state index in [2.05, 4.69) is 20.6 Å². The van der Waals surface area contributed by atoms with Crippen molar-refractivity contribution >= 4 is 28.3 Å². The van der Waals surface area contributed by atoms with E-state index in [1.54, 1.807) is 47.8 Å². The molecular formula is C19H20N6O4S. The molecule has 0 saturated carbocycles. The standard InChI is InChI=1S/C19H20N6O4S/c1-12(26)21-9-14-7-8-17(29-14)15-11-30-19(23-15)24-18(20)22-10-16(25(27)28)13-5-3-2-4-6-13/h2-8,11,16H,9-10H2,1H3,(H,21,26)(H3,20,22,23,24). The van der Waals surface area contributed by atoms with E-state index in [0.29, 0.717) is 34.5 Å². The molecule has 2 aromatic heterocycles. The molecule has 1 unspecified atom stereocenters. The Bertz CT molecular complexity index is 1050. The predicted molar refractivity (Wildman–Crippen MR) is 114 cm³/mol. The molecule has 1 aromatic carbocycles. The Morgan fingerprint density at radius 3 is 2.80 bits per heavy atom. The molecule has 0 radical (unpaired) electrons. The van der Waals surface area contributed by atoms with Gasteiger partial charge in [-0.15, -0.1) is 11.3 Å². The maximum absolute atomic E-state index is 11.3. The van der Waals surface area contributed by atoms with Gasteiger partial charge in [-0.2, -0.15) is 0 Å². The van der Waals surface area contributed by atoms with Crippen molar-refractivity contribution in [2.75, 3.05) is 11.9 Å². The second-order valence-corrected chi connectivity index (χ2v) is 7.13. The number of benzene rings is 1. The first kappa shape index (κ1) is 21.0. The molecule has 3 rings (SSSR count). The Balaban J connectivity index is 1.62. The second kappa shape index (κ2) is 9.65. The number of hydrogen-bond donors (Lipinski definition) is 3. The minimum Gasteiger partial charge on any atom is -0.458 e. The third kappa shape index (κ3) is 5.64. The fourth-order valence-electron chi connectivity index (χ4n) is 2.57. The van der Waals surface area contributed by atoms with E-state index in [1.807, 2.05) is 0 Å². The third-order valence-electron chi connectivity index (χ3n) is 4.04. The van der Waals surface area contributed by atoms with Crippen LogP contribution in [0, 0.1) is 10.1 Å². The van der Waals surface area contributed by atoms with Crippen LogP contribution in [0.15, 0.2) is 57.3 Å². The number of aromatic nitrogens is 1. The van der Waals surface area contributed by atoms with Gasteiger partial charge in [0.15, 0.2) is 16.9 Å². The average Bonchev–Trinajstić information content (AvgIpc) is 3.36. The highest BCUT2D eigenvalue weighted by Crippen LogP contribution is 2.26. The lowest BCUT2D eigenvalue weighted by molar-refractivity contribution is -0.525. The lowest BCUT2D eigenvalue weighted by atomic mass is 10.1. The number of thiazole rings is 1. The first-order chi connectivity index (χ1) is 14.4. The summed E-state index contributed by atoms with van der Waals surface area (Å²) in [6.07, 6.45) is 0. The summed E-state index contributed by atoms with van der Waals surface area (Å²) in [5, 5.41) is 19.1. The number of aliphatic imine (C=N–C) groups is 1. The molecular weight excluding hydrogens is 408 g/mol. The normalized spacial score (nSPS) is 12.4. The average molecular weight is 428 g/mol. The number of carbonyl (C=O) groups is 1. The molecule has 1 atom stereocenters. The fourth-order valence-corrected chi connectivity index (χ4v) is 3.28. The van der Waals surface area contributed by atoms with Gasteiger partial charge in [0.1, 0.15) is 18.0 Å². The zero-order valence-corrected chi connectivity index (χ0v) is 16.9. The van der Waals surface area contributed by atoms with E-state index < -0.39 is 6.04 Å². The Hall–Kier alpha value is -3.73. The summed E-state index contributed by atoms with van der Waals surface area (Å²) in [5.74, 6) is 1.04. The minimum atomic E-state index is -0.983. The van der Waals surface area contributed by atoms with Gasteiger partial charge in [0.2, 0.25) is 5.91 Å². The fraction of sp³-hybridized carbons (Fsp3) is 0.211. The van der Waals surface area contributed by atoms with Crippen LogP contribution in [0.5, 0.6) is 0 Å². The number of hydrogen-bond acceptors (Lipinski definition) is 7. The van der Waals surface area contributed by atoms with Crippen LogP contribution >= 0.6 is 11.3 Å². The monoisotopic (exact) mass is 428 g/mol. The quantitative estimate of drug-likeness (QED) is 0.216. The number of rotatable bonds is 8. The second-order valence-electron chi connectivity index (χ2n) is 6.28. The van der Waals surface area contributed by atoms with Crippen molar-refractivity contribution in [2.24, 2.45) is 10.7 Å². The van der Waals surface area contributed by atoms with Gasteiger partial charge in [0, 0.05) is 22.8 Å². The first-order valence-corrected chi connectivity index (χ1v) is 9.84. The summed E-state index contributed by atoms with van der Waals surface area (Å²) in [6, 6.07) is 11.2. The molecule has 10 nitrogen and oxygen atoms in total. The lowest BCUT2D eigenvalue weighted by Crippen LogP contribution is -2.24. The van der Waals surface area contributed by atoms with Gasteiger partial charge in [0.05, 0.1) is 6.54 Å². The number of guanidine groups is 1. The summed E-state index contributed by atoms with van der Waals surface area (Å²) in [7, 11) is 0. The predicted octanol–water partition coefficient (Wildman–Crippen LogP) is 2.78. The molecule has 0 aliphatic carbocycles. The number of carbonyl (C=O) groups excluding carboxylic acids is 1. The number of nitro groups is 1. The van der Waals surface area contributed by atoms with Crippen molar-refractivity contribution in [2.45, 2.75) is 19.5 Å². The van der Waals surface area contributed by atoms with E-state index in [4.69, 9.17) is 10.2 Å². The Kier molecular flexibility index (Phi) is 6.75. The summed E-state index contributed by atoms with van der Waals surface area (Å²) in [5.41, 5.74) is 7.02. The number of anilines is 1. The molecule has 0 aliphatic rings. The van der Waals surface area contributed by atoms with Crippen LogP contribution in [0.1, 0.15) is 24.3 Å². The number of nitrogens with one attached hydrogen (secondary N) is 2. The van der Waals surface area contributed by atoms with Crippen molar-refractivity contribution in [3.8, 4) is 11.5 Å². The van der Waals surface area contributed by atoms with Gasteiger partial charge in [-0.3, -0.25) is 14.9 Å². The summed E-state index contributed by atoms with van der Waals surface area (Å²) >= 11 is 1.29. The first-order valence-electron chi connectivity index (χ1n) is 8.97. The van der Waals surface area contributed by atoms with Crippen LogP contribution in [0.25, 0.3) is 11.5 Å². The van der Waals surface area contributed by atoms with Crippen LogP contribution in [-0.2, 0) is 11.3 Å². The van der Waals surface area contributed by atoms with E-state index in [9.17, 15) is 14.9 Å². The Morgan fingerprint density at radius 1 is 1.33 bits per heavy atom. The highest BCUT2D eigenvalue weighted by molar-refractivity contribution is 7.14. The van der Waals surface area contributed by atoms with Crippen LogP contribution in [0.4, 0.5) is 5.13 Å². The van der Waals surface area contributed by atoms with Crippen LogP contribution in [0.2, 0.25) is 0 Å². The van der Waals surface area contributed by atoms with E-state index in [1.165, 1.54) is 18.3 Å². The maximum atomic E-state index is 11.3. The molecule has 156 valence electrons. The summed E-state index contributed by atoms with van der Waals surface area (Å²) in [4.78, 5) is 30.4. The van der Waals surface area contributed by atoms with Gasteiger partial charge in [-0.25, -0.2) is 9.98 Å². The molecule has 11 heteroatoms. The van der Waals surface area contributed by atoms with Crippen molar-refractivity contribution in [1.29, 1.82) is 0 Å². The van der Waals surface area contributed by atoms with Crippen LogP contribution < -0.4 is 16.4 Å². The van der Waals surface area contributed by atoms with Gasteiger partial charge in [-0.1, -0.05) is 30.3 Å². The highest BCUT2D eigenvalue weighted by atomic mass is 32.1. The van der Waals surface area contributed by atoms with Crippen LogP contribution in [0.3, 0.4) is 0 Å². The molecule has 0 bridgehead atoms. The summed E-state index contributed by atoms with van der Waals surface area (Å²) in [6.45, 7) is 1.63. The van der Waals surface area contributed by atoms with Gasteiger partial charge >= 0.3 is 0 Å². The number of amides is 1. The van der Waals surface area contributed by atoms with Gasteiger partial charge in [-0.05, 0) is 12.1 Å². The van der Waals surface area contributed by atoms with Gasteiger partial charge in [0.25, 0.3) is 6.04 Å². The van der Waals surface area contributed by atoms with Crippen LogP contribution in [-0.4, -0.2) is 28.3 Å². The smallest absolute Gasteiger partial charge is 0.257 e. The number of nitrogens with zero attached hydrogens (tertiary/aromatic N) is 3. The molecule has 0 spiro atoms. The Morgan fingerprint density at radius 2 is 2.10 bits per heavy atom. The highest BCUT2D eigenvalue weighted by Gasteiger charge is 2.22. The topological polar surface area (TPSA) is 149 Å². The van der Waals surface area contributed by atoms with Gasteiger partial charge < -0.3 is 20.8 Å². The van der Waals surface area contributed by atoms with E-state index >= 15 is 0 Å². The van der Waals surface area contributed by atoms with E-state index in [0.717, 1.165) is 0 Å². The van der Waals surface area contributed by atoms with Crippen molar-refractivity contribution in [3.63, 3.8) is 0 Å². The Labute approximate surface area is 176 Å². The van der Waals surface area contributed by atoms with Crippen molar-refractivity contribution in [1.82, 2.24) is 10.3 Å². The minimum absolute atomic E-state index is 0.0319. The van der Waals surface area contributed by atoms with E-state index in [-0.39, 0.29) is 23.3 Å². The lowest BCUT2D eigenvalue weighted by Gasteiger charge is -2.08. The molecule has 4 N–H and O–H groups in total.